The first-order valence-electron chi connectivity index (χ1n) is 8.54. The van der Waals surface area contributed by atoms with Crippen molar-refractivity contribution < 1.29 is 19.4 Å². The SMILES string of the molecule is Cc1cc(COc2cccc(OC(C)Oc3ccccc3)c2)n(O)c(=O)c1. The molecule has 1 unspecified atom stereocenters. The predicted molar refractivity (Wildman–Crippen MR) is 101 cm³/mol. The molecule has 27 heavy (non-hydrogen) atoms. The number of nitrogens with zero attached hydrogens (tertiary/aromatic N) is 1. The van der Waals surface area contributed by atoms with E-state index in [4.69, 9.17) is 14.2 Å². The smallest absolute Gasteiger partial charge is 0.283 e. The van der Waals surface area contributed by atoms with E-state index in [0.29, 0.717) is 21.9 Å². The van der Waals surface area contributed by atoms with Crippen LogP contribution < -0.4 is 19.8 Å². The van der Waals surface area contributed by atoms with Crippen LogP contribution in [0.3, 0.4) is 0 Å². The van der Waals surface area contributed by atoms with Crippen LogP contribution in [0, 0.1) is 6.92 Å². The molecule has 1 atom stereocenters. The molecule has 0 spiro atoms. The zero-order chi connectivity index (χ0) is 19.2. The summed E-state index contributed by atoms with van der Waals surface area (Å²) in [6.07, 6.45) is -0.484. The lowest BCUT2D eigenvalue weighted by molar-refractivity contribution is 0.0221. The van der Waals surface area contributed by atoms with Gasteiger partial charge in [-0.1, -0.05) is 24.3 Å². The number of benzene rings is 2. The molecule has 0 aliphatic heterocycles. The van der Waals surface area contributed by atoms with Crippen molar-refractivity contribution in [2.45, 2.75) is 26.7 Å². The highest BCUT2D eigenvalue weighted by Crippen LogP contribution is 2.22. The summed E-state index contributed by atoms with van der Waals surface area (Å²) in [5.74, 6) is 1.85. The fourth-order valence-corrected chi connectivity index (χ4v) is 2.57. The van der Waals surface area contributed by atoms with Crippen LogP contribution in [0.2, 0.25) is 0 Å². The molecule has 6 nitrogen and oxygen atoms in total. The predicted octanol–water partition coefficient (Wildman–Crippen LogP) is 3.78. The summed E-state index contributed by atoms with van der Waals surface area (Å²) < 4.78 is 17.7. The minimum absolute atomic E-state index is 0.0486. The topological polar surface area (TPSA) is 69.9 Å². The van der Waals surface area contributed by atoms with Crippen molar-refractivity contribution >= 4 is 0 Å². The summed E-state index contributed by atoms with van der Waals surface area (Å²) in [7, 11) is 0. The van der Waals surface area contributed by atoms with E-state index >= 15 is 0 Å². The normalized spacial score (nSPS) is 11.6. The monoisotopic (exact) mass is 367 g/mol. The molecule has 0 amide bonds. The Labute approximate surface area is 157 Å². The van der Waals surface area contributed by atoms with Gasteiger partial charge in [0.15, 0.2) is 0 Å². The maximum atomic E-state index is 11.6. The molecule has 0 fully saturated rings. The number of pyridine rings is 1. The van der Waals surface area contributed by atoms with Crippen LogP contribution in [0.5, 0.6) is 17.2 Å². The van der Waals surface area contributed by atoms with Gasteiger partial charge in [-0.2, -0.15) is 0 Å². The summed E-state index contributed by atoms with van der Waals surface area (Å²) in [6.45, 7) is 3.64. The standard InChI is InChI=1S/C21H21NO5/c1-15-11-17(22(24)21(23)12-15)14-25-19-9-6-10-20(13-19)27-16(2)26-18-7-4-3-5-8-18/h3-13,16,24H,14H2,1-2H3. The van der Waals surface area contributed by atoms with Gasteiger partial charge in [-0.05, 0) is 42.8 Å². The highest BCUT2D eigenvalue weighted by Gasteiger charge is 2.08. The third-order valence-corrected chi connectivity index (χ3v) is 3.77. The van der Waals surface area contributed by atoms with E-state index in [9.17, 15) is 10.0 Å². The molecular weight excluding hydrogens is 346 g/mol. The van der Waals surface area contributed by atoms with E-state index in [0.717, 1.165) is 11.3 Å². The van der Waals surface area contributed by atoms with E-state index < -0.39 is 11.8 Å². The Balaban J connectivity index is 1.63. The van der Waals surface area contributed by atoms with Gasteiger partial charge in [0.05, 0.1) is 5.69 Å². The Morgan fingerprint density at radius 3 is 2.37 bits per heavy atom. The Hall–Kier alpha value is -3.41. The van der Waals surface area contributed by atoms with Crippen LogP contribution in [0.15, 0.2) is 71.5 Å². The van der Waals surface area contributed by atoms with Gasteiger partial charge in [0.2, 0.25) is 6.29 Å². The molecule has 1 aromatic heterocycles. The van der Waals surface area contributed by atoms with Gasteiger partial charge in [0.25, 0.3) is 5.56 Å². The second kappa shape index (κ2) is 8.31. The zero-order valence-electron chi connectivity index (χ0n) is 15.2. The Morgan fingerprint density at radius 2 is 1.59 bits per heavy atom. The van der Waals surface area contributed by atoms with Crippen LogP contribution in [-0.4, -0.2) is 16.2 Å². The van der Waals surface area contributed by atoms with E-state index in [2.05, 4.69) is 0 Å². The van der Waals surface area contributed by atoms with E-state index in [-0.39, 0.29) is 6.61 Å². The molecule has 2 aromatic carbocycles. The second-order valence-corrected chi connectivity index (χ2v) is 6.05. The molecule has 0 aliphatic carbocycles. The van der Waals surface area contributed by atoms with Gasteiger partial charge in [0.1, 0.15) is 23.9 Å². The van der Waals surface area contributed by atoms with Gasteiger partial charge in [-0.15, -0.1) is 4.73 Å². The largest absolute Gasteiger partial charge is 0.487 e. The fraction of sp³-hybridized carbons (Fsp3) is 0.190. The number of aryl methyl sites for hydroxylation is 1. The lowest BCUT2D eigenvalue weighted by Gasteiger charge is -2.17. The molecule has 1 heterocycles. The van der Waals surface area contributed by atoms with Crippen LogP contribution in [0.1, 0.15) is 18.2 Å². The Kier molecular flexibility index (Phi) is 5.66. The van der Waals surface area contributed by atoms with Crippen molar-refractivity contribution in [1.82, 2.24) is 4.73 Å². The Morgan fingerprint density at radius 1 is 0.926 bits per heavy atom. The first-order chi connectivity index (χ1) is 13.0. The highest BCUT2D eigenvalue weighted by molar-refractivity contribution is 5.33. The molecule has 3 rings (SSSR count). The molecular formula is C21H21NO5. The average molecular weight is 367 g/mol. The van der Waals surface area contributed by atoms with Crippen LogP contribution in [-0.2, 0) is 6.61 Å². The van der Waals surface area contributed by atoms with Crippen LogP contribution in [0.4, 0.5) is 0 Å². The van der Waals surface area contributed by atoms with E-state index in [1.165, 1.54) is 6.07 Å². The molecule has 1 N–H and O–H groups in total. The second-order valence-electron chi connectivity index (χ2n) is 6.05. The maximum Gasteiger partial charge on any atom is 0.283 e. The van der Waals surface area contributed by atoms with Crippen LogP contribution in [0.25, 0.3) is 0 Å². The summed E-state index contributed by atoms with van der Waals surface area (Å²) in [6, 6.07) is 19.5. The van der Waals surface area contributed by atoms with Crippen molar-refractivity contribution in [2.24, 2.45) is 0 Å². The Bertz CT molecular complexity index is 952. The summed E-state index contributed by atoms with van der Waals surface area (Å²) >= 11 is 0. The van der Waals surface area contributed by atoms with Crippen molar-refractivity contribution in [2.75, 3.05) is 0 Å². The van der Waals surface area contributed by atoms with Crippen molar-refractivity contribution in [1.29, 1.82) is 0 Å². The highest BCUT2D eigenvalue weighted by atomic mass is 16.7. The van der Waals surface area contributed by atoms with Crippen molar-refractivity contribution in [3.63, 3.8) is 0 Å². The lowest BCUT2D eigenvalue weighted by atomic mass is 10.2. The van der Waals surface area contributed by atoms with Crippen LogP contribution >= 0.6 is 0 Å². The van der Waals surface area contributed by atoms with Gasteiger partial charge >= 0.3 is 0 Å². The number of hydrogen-bond donors (Lipinski definition) is 1. The minimum atomic E-state index is -0.488. The molecule has 0 saturated carbocycles. The molecule has 0 bridgehead atoms. The average Bonchev–Trinajstić information content (AvgIpc) is 2.64. The van der Waals surface area contributed by atoms with Gasteiger partial charge in [-0.25, -0.2) is 0 Å². The third-order valence-electron chi connectivity index (χ3n) is 3.77. The minimum Gasteiger partial charge on any atom is -0.487 e. The van der Waals surface area contributed by atoms with E-state index in [1.807, 2.05) is 30.3 Å². The molecule has 3 aromatic rings. The number of ether oxygens (including phenoxy) is 3. The fourth-order valence-electron chi connectivity index (χ4n) is 2.57. The molecule has 0 radical (unpaired) electrons. The summed E-state index contributed by atoms with van der Waals surface area (Å²) in [5.41, 5.74) is 0.637. The van der Waals surface area contributed by atoms with Crippen molar-refractivity contribution in [3.8, 4) is 17.2 Å². The molecule has 6 heteroatoms. The number of aromatic nitrogens is 1. The zero-order valence-corrected chi connectivity index (χ0v) is 15.2. The third kappa shape index (κ3) is 5.04. The number of rotatable bonds is 7. The maximum absolute atomic E-state index is 11.6. The summed E-state index contributed by atoms with van der Waals surface area (Å²) in [4.78, 5) is 11.6. The van der Waals surface area contributed by atoms with E-state index in [1.54, 1.807) is 44.2 Å². The van der Waals surface area contributed by atoms with Crippen molar-refractivity contribution in [3.05, 3.63) is 88.3 Å². The first kappa shape index (κ1) is 18.4. The molecule has 0 aliphatic rings. The molecule has 0 saturated heterocycles. The van der Waals surface area contributed by atoms with Gasteiger partial charge in [0, 0.05) is 19.1 Å². The quantitative estimate of drug-likeness (QED) is 0.508. The number of hydrogen-bond acceptors (Lipinski definition) is 5. The molecule has 140 valence electrons. The first-order valence-corrected chi connectivity index (χ1v) is 8.54. The van der Waals surface area contributed by atoms with Gasteiger partial charge in [-0.3, -0.25) is 4.79 Å². The summed E-state index contributed by atoms with van der Waals surface area (Å²) in [5, 5.41) is 9.80. The lowest BCUT2D eigenvalue weighted by Crippen LogP contribution is -2.22. The number of para-hydroxylation sites is 1. The van der Waals surface area contributed by atoms with Gasteiger partial charge < -0.3 is 19.4 Å².